The van der Waals surface area contributed by atoms with Gasteiger partial charge in [0.1, 0.15) is 16.7 Å². The van der Waals surface area contributed by atoms with Crippen LogP contribution in [0.15, 0.2) is 73.1 Å². The van der Waals surface area contributed by atoms with Gasteiger partial charge in [0.2, 0.25) is 0 Å². The Hall–Kier alpha value is -4.37. The summed E-state index contributed by atoms with van der Waals surface area (Å²) in [5.74, 6) is 0.988. The Bertz CT molecular complexity index is 1450. The van der Waals surface area contributed by atoms with Gasteiger partial charge in [-0.25, -0.2) is 9.78 Å². The lowest BCUT2D eigenvalue weighted by atomic mass is 10.1. The smallest absolute Gasteiger partial charge is 0.315 e. The number of hydrogen-bond donors (Lipinski definition) is 5. The highest BCUT2D eigenvalue weighted by Gasteiger charge is 2.22. The molecule has 9 nitrogen and oxygen atoms in total. The standard InChI is InChI=1S/C25H23ClN8O/c26-22-21(17-6-7-18-19(13-17)33-34-23(18)27)31-24(32-22)20(12-15-4-2-1-3-5-15)30-25(35)29-14-16-8-10-28-11-9-16/h1-11,13,20H,12,14H2,(H,31,32)(H3,27,33,34)(H2,29,30,35). The average molecular weight is 487 g/mol. The minimum absolute atomic E-state index is 0.314. The highest BCUT2D eigenvalue weighted by Crippen LogP contribution is 2.31. The molecule has 35 heavy (non-hydrogen) atoms. The fourth-order valence-electron chi connectivity index (χ4n) is 3.87. The van der Waals surface area contributed by atoms with Crippen LogP contribution < -0.4 is 16.4 Å². The number of nitrogens with two attached hydrogens (primary N) is 1. The number of imidazole rings is 1. The number of carbonyl (C=O) groups excluding carboxylic acids is 1. The average Bonchev–Trinajstić information content (AvgIpc) is 3.46. The van der Waals surface area contributed by atoms with Crippen LogP contribution in [0.1, 0.15) is 23.0 Å². The second kappa shape index (κ2) is 9.86. The monoisotopic (exact) mass is 486 g/mol. The van der Waals surface area contributed by atoms with Crippen LogP contribution in [-0.2, 0) is 13.0 Å². The fourth-order valence-corrected chi connectivity index (χ4v) is 4.12. The Morgan fingerprint density at radius 1 is 1.06 bits per heavy atom. The van der Waals surface area contributed by atoms with E-state index in [9.17, 15) is 4.79 Å². The lowest BCUT2D eigenvalue weighted by Gasteiger charge is -2.17. The zero-order valence-electron chi connectivity index (χ0n) is 18.6. The zero-order chi connectivity index (χ0) is 24.2. The summed E-state index contributed by atoms with van der Waals surface area (Å²) in [5, 5.41) is 14.1. The molecule has 5 aromatic rings. The van der Waals surface area contributed by atoms with E-state index < -0.39 is 6.04 Å². The lowest BCUT2D eigenvalue weighted by molar-refractivity contribution is 0.236. The molecular weight excluding hydrogens is 464 g/mol. The first-order chi connectivity index (χ1) is 17.1. The van der Waals surface area contributed by atoms with Crippen LogP contribution in [0.4, 0.5) is 10.6 Å². The summed E-state index contributed by atoms with van der Waals surface area (Å²) in [6, 6.07) is 18.5. The molecule has 0 saturated heterocycles. The van der Waals surface area contributed by atoms with Gasteiger partial charge in [0.15, 0.2) is 5.82 Å². The largest absolute Gasteiger partial charge is 0.382 e. The summed E-state index contributed by atoms with van der Waals surface area (Å²) in [5.41, 5.74) is 10.0. The third-order valence-electron chi connectivity index (χ3n) is 5.66. The Kier molecular flexibility index (Phi) is 6.32. The normalized spacial score (nSPS) is 11.9. The molecule has 5 rings (SSSR count). The molecule has 176 valence electrons. The quantitative estimate of drug-likeness (QED) is 0.232. The number of nitrogens with zero attached hydrogens (tertiary/aromatic N) is 3. The summed E-state index contributed by atoms with van der Waals surface area (Å²) < 4.78 is 0. The predicted octanol–water partition coefficient (Wildman–Crippen LogP) is 4.37. The maximum Gasteiger partial charge on any atom is 0.315 e. The molecule has 6 N–H and O–H groups in total. The van der Waals surface area contributed by atoms with Crippen molar-refractivity contribution in [2.45, 2.75) is 19.0 Å². The molecule has 1 atom stereocenters. The Morgan fingerprint density at radius 3 is 2.66 bits per heavy atom. The van der Waals surface area contributed by atoms with Crippen LogP contribution in [0.5, 0.6) is 0 Å². The van der Waals surface area contributed by atoms with Crippen molar-refractivity contribution in [3.8, 4) is 11.3 Å². The molecule has 0 bridgehead atoms. The summed E-state index contributed by atoms with van der Waals surface area (Å²) in [4.78, 5) is 24.7. The van der Waals surface area contributed by atoms with Crippen LogP contribution in [0.25, 0.3) is 22.2 Å². The predicted molar refractivity (Wildman–Crippen MR) is 136 cm³/mol. The number of aromatic amines is 2. The number of aromatic nitrogens is 5. The molecule has 1 unspecified atom stereocenters. The van der Waals surface area contributed by atoms with Crippen LogP contribution in [0, 0.1) is 0 Å². The van der Waals surface area contributed by atoms with Crippen molar-refractivity contribution in [2.75, 3.05) is 5.73 Å². The van der Waals surface area contributed by atoms with Crippen molar-refractivity contribution in [2.24, 2.45) is 0 Å². The Labute approximate surface area is 206 Å². The maximum absolute atomic E-state index is 12.8. The van der Waals surface area contributed by atoms with Crippen LogP contribution in [-0.4, -0.2) is 31.2 Å². The van der Waals surface area contributed by atoms with Crippen molar-refractivity contribution in [3.05, 3.63) is 95.2 Å². The van der Waals surface area contributed by atoms with Gasteiger partial charge in [0, 0.05) is 29.9 Å². The van der Waals surface area contributed by atoms with E-state index in [1.54, 1.807) is 12.4 Å². The lowest BCUT2D eigenvalue weighted by Crippen LogP contribution is -2.38. The highest BCUT2D eigenvalue weighted by molar-refractivity contribution is 6.32. The molecule has 0 fully saturated rings. The van der Waals surface area contributed by atoms with E-state index in [0.29, 0.717) is 35.5 Å². The number of rotatable bonds is 7. The first-order valence-electron chi connectivity index (χ1n) is 11.0. The van der Waals surface area contributed by atoms with E-state index in [2.05, 4.69) is 30.8 Å². The Balaban J connectivity index is 1.40. The number of hydrogen-bond acceptors (Lipinski definition) is 5. The maximum atomic E-state index is 12.8. The molecular formula is C25H23ClN8O. The van der Waals surface area contributed by atoms with Gasteiger partial charge < -0.3 is 21.4 Å². The number of amides is 2. The van der Waals surface area contributed by atoms with Gasteiger partial charge in [0.05, 0.1) is 11.6 Å². The SMILES string of the molecule is Nc1n[nH]c2cc(-c3nc(C(Cc4ccccc4)NC(=O)NCc4ccncc4)[nH]c3Cl)ccc12. The molecule has 0 aliphatic rings. The molecule has 0 radical (unpaired) electrons. The van der Waals surface area contributed by atoms with Gasteiger partial charge in [-0.15, -0.1) is 0 Å². The van der Waals surface area contributed by atoms with Gasteiger partial charge in [-0.2, -0.15) is 5.10 Å². The summed E-state index contributed by atoms with van der Waals surface area (Å²) in [6.45, 7) is 0.379. The van der Waals surface area contributed by atoms with E-state index in [-0.39, 0.29) is 6.03 Å². The van der Waals surface area contributed by atoms with Crippen LogP contribution >= 0.6 is 11.6 Å². The van der Waals surface area contributed by atoms with Crippen molar-refractivity contribution in [3.63, 3.8) is 0 Å². The number of nitrogens with one attached hydrogen (secondary N) is 4. The first-order valence-corrected chi connectivity index (χ1v) is 11.4. The Morgan fingerprint density at radius 2 is 1.86 bits per heavy atom. The first kappa shape index (κ1) is 22.4. The number of benzene rings is 2. The van der Waals surface area contributed by atoms with Gasteiger partial charge in [-0.3, -0.25) is 10.1 Å². The molecule has 0 aliphatic heterocycles. The molecule has 3 heterocycles. The molecule has 2 aromatic carbocycles. The molecule has 0 spiro atoms. The number of fused-ring (bicyclic) bond motifs is 1. The fraction of sp³-hybridized carbons (Fsp3) is 0.120. The minimum Gasteiger partial charge on any atom is -0.382 e. The van der Waals surface area contributed by atoms with Crippen molar-refractivity contribution in [1.29, 1.82) is 0 Å². The molecule has 0 saturated carbocycles. The van der Waals surface area contributed by atoms with Crippen molar-refractivity contribution >= 4 is 34.4 Å². The van der Waals surface area contributed by atoms with Crippen molar-refractivity contribution in [1.82, 2.24) is 35.8 Å². The van der Waals surface area contributed by atoms with E-state index in [0.717, 1.165) is 27.6 Å². The third kappa shape index (κ3) is 5.10. The van der Waals surface area contributed by atoms with E-state index in [1.165, 1.54) is 0 Å². The van der Waals surface area contributed by atoms with Crippen LogP contribution in [0.3, 0.4) is 0 Å². The highest BCUT2D eigenvalue weighted by atomic mass is 35.5. The summed E-state index contributed by atoms with van der Waals surface area (Å²) >= 11 is 6.56. The third-order valence-corrected chi connectivity index (χ3v) is 5.94. The van der Waals surface area contributed by atoms with E-state index in [4.69, 9.17) is 22.3 Å². The van der Waals surface area contributed by atoms with Gasteiger partial charge in [-0.05, 0) is 41.8 Å². The number of pyridine rings is 1. The second-order valence-electron chi connectivity index (χ2n) is 8.08. The molecule has 10 heteroatoms. The van der Waals surface area contributed by atoms with Crippen molar-refractivity contribution < 1.29 is 4.79 Å². The minimum atomic E-state index is -0.437. The zero-order valence-corrected chi connectivity index (χ0v) is 19.4. The van der Waals surface area contributed by atoms with E-state index in [1.807, 2.05) is 60.7 Å². The topological polar surface area (TPSA) is 137 Å². The van der Waals surface area contributed by atoms with Crippen LogP contribution in [0.2, 0.25) is 5.15 Å². The van der Waals surface area contributed by atoms with E-state index >= 15 is 0 Å². The van der Waals surface area contributed by atoms with Gasteiger partial charge >= 0.3 is 6.03 Å². The number of carbonyl (C=O) groups is 1. The summed E-state index contributed by atoms with van der Waals surface area (Å²) in [7, 11) is 0. The molecule has 2 amide bonds. The number of halogens is 1. The molecule has 3 aromatic heterocycles. The summed E-state index contributed by atoms with van der Waals surface area (Å²) in [6.07, 6.45) is 3.91. The molecule has 0 aliphatic carbocycles. The second-order valence-corrected chi connectivity index (χ2v) is 8.46. The number of anilines is 1. The number of urea groups is 1. The van der Waals surface area contributed by atoms with Gasteiger partial charge in [0.25, 0.3) is 0 Å². The number of H-pyrrole nitrogens is 2. The van der Waals surface area contributed by atoms with Gasteiger partial charge in [-0.1, -0.05) is 48.0 Å². The number of nitrogen functional groups attached to an aromatic ring is 1.